The lowest BCUT2D eigenvalue weighted by molar-refractivity contribution is 0.415. The van der Waals surface area contributed by atoms with E-state index in [1.54, 1.807) is 7.11 Å². The Labute approximate surface area is 91.4 Å². The Morgan fingerprint density at radius 3 is 2.80 bits per heavy atom. The van der Waals surface area contributed by atoms with Crippen LogP contribution in [-0.4, -0.2) is 12.1 Å². The molecule has 15 heavy (non-hydrogen) atoms. The van der Waals surface area contributed by atoms with E-state index < -0.39 is 0 Å². The molecule has 1 aromatic carbocycles. The Bertz CT molecular complexity index is 527. The number of nitrogens with one attached hydrogen (secondary N) is 1. The van der Waals surface area contributed by atoms with E-state index in [1.165, 1.54) is 11.3 Å². The van der Waals surface area contributed by atoms with Crippen LogP contribution < -0.4 is 9.61 Å². The van der Waals surface area contributed by atoms with Crippen LogP contribution >= 0.6 is 11.3 Å². The third kappa shape index (κ3) is 1.94. The SMILES string of the molecule is COc1cccc(-c2[nH]c(=O)sc2C)c1. The number of hydrogen-bond donors (Lipinski definition) is 1. The molecule has 0 aliphatic heterocycles. The van der Waals surface area contributed by atoms with Crippen molar-refractivity contribution in [2.75, 3.05) is 7.11 Å². The second-order valence-corrected chi connectivity index (χ2v) is 4.36. The van der Waals surface area contributed by atoms with Crippen molar-refractivity contribution in [3.8, 4) is 17.0 Å². The van der Waals surface area contributed by atoms with E-state index in [9.17, 15) is 4.79 Å². The highest BCUT2D eigenvalue weighted by Gasteiger charge is 2.06. The summed E-state index contributed by atoms with van der Waals surface area (Å²) in [5.74, 6) is 0.791. The smallest absolute Gasteiger partial charge is 0.305 e. The van der Waals surface area contributed by atoms with E-state index in [0.29, 0.717) is 0 Å². The fourth-order valence-electron chi connectivity index (χ4n) is 1.46. The fraction of sp³-hybridized carbons (Fsp3) is 0.182. The van der Waals surface area contributed by atoms with Crippen molar-refractivity contribution in [1.82, 2.24) is 4.98 Å². The molecule has 78 valence electrons. The summed E-state index contributed by atoms with van der Waals surface area (Å²) >= 11 is 1.23. The number of rotatable bonds is 2. The first-order valence-electron chi connectivity index (χ1n) is 4.55. The summed E-state index contributed by atoms with van der Waals surface area (Å²) in [7, 11) is 1.63. The average Bonchev–Trinajstić information content (AvgIpc) is 2.58. The molecule has 0 radical (unpaired) electrons. The zero-order valence-electron chi connectivity index (χ0n) is 8.53. The minimum absolute atomic E-state index is 0.0229. The summed E-state index contributed by atoms with van der Waals surface area (Å²) in [6.45, 7) is 1.93. The number of benzene rings is 1. The van der Waals surface area contributed by atoms with Crippen molar-refractivity contribution in [3.05, 3.63) is 38.8 Å². The molecule has 0 saturated carbocycles. The molecular formula is C11H11NO2S. The quantitative estimate of drug-likeness (QED) is 0.846. The molecule has 1 aromatic heterocycles. The van der Waals surface area contributed by atoms with Gasteiger partial charge >= 0.3 is 4.87 Å². The van der Waals surface area contributed by atoms with Crippen molar-refractivity contribution in [2.24, 2.45) is 0 Å². The van der Waals surface area contributed by atoms with Crippen LogP contribution in [0.3, 0.4) is 0 Å². The number of ether oxygens (including phenoxy) is 1. The molecule has 2 rings (SSSR count). The first kappa shape index (κ1) is 9.98. The third-order valence-electron chi connectivity index (χ3n) is 2.18. The molecule has 0 bridgehead atoms. The predicted molar refractivity (Wildman–Crippen MR) is 61.7 cm³/mol. The van der Waals surface area contributed by atoms with Gasteiger partial charge in [-0.3, -0.25) is 4.79 Å². The van der Waals surface area contributed by atoms with Crippen molar-refractivity contribution in [3.63, 3.8) is 0 Å². The lowest BCUT2D eigenvalue weighted by atomic mass is 10.1. The molecule has 0 unspecified atom stereocenters. The van der Waals surface area contributed by atoms with Crippen LogP contribution in [0.4, 0.5) is 0 Å². The van der Waals surface area contributed by atoms with Gasteiger partial charge in [-0.2, -0.15) is 0 Å². The summed E-state index contributed by atoms with van der Waals surface area (Å²) in [5.41, 5.74) is 1.86. The summed E-state index contributed by atoms with van der Waals surface area (Å²) < 4.78 is 5.13. The van der Waals surface area contributed by atoms with E-state index in [4.69, 9.17) is 4.74 Å². The highest BCUT2D eigenvalue weighted by atomic mass is 32.1. The molecule has 0 amide bonds. The van der Waals surface area contributed by atoms with Gasteiger partial charge in [-0.1, -0.05) is 23.5 Å². The highest BCUT2D eigenvalue weighted by Crippen LogP contribution is 2.25. The van der Waals surface area contributed by atoms with Gasteiger partial charge in [0.25, 0.3) is 0 Å². The van der Waals surface area contributed by atoms with Crippen molar-refractivity contribution in [1.29, 1.82) is 0 Å². The fourth-order valence-corrected chi connectivity index (χ4v) is 2.16. The molecule has 0 fully saturated rings. The van der Waals surface area contributed by atoms with Gasteiger partial charge in [-0.05, 0) is 19.1 Å². The van der Waals surface area contributed by atoms with Crippen LogP contribution in [0.15, 0.2) is 29.1 Å². The van der Waals surface area contributed by atoms with E-state index in [1.807, 2.05) is 31.2 Å². The monoisotopic (exact) mass is 221 g/mol. The second-order valence-electron chi connectivity index (χ2n) is 3.18. The maximum atomic E-state index is 11.2. The minimum atomic E-state index is -0.0229. The zero-order chi connectivity index (χ0) is 10.8. The molecular weight excluding hydrogens is 210 g/mol. The van der Waals surface area contributed by atoms with E-state index in [0.717, 1.165) is 21.9 Å². The molecule has 1 heterocycles. The van der Waals surface area contributed by atoms with Crippen LogP contribution in [0, 0.1) is 6.92 Å². The number of thiazole rings is 1. The van der Waals surface area contributed by atoms with Gasteiger partial charge in [0.15, 0.2) is 0 Å². The van der Waals surface area contributed by atoms with Gasteiger partial charge in [0, 0.05) is 10.4 Å². The molecule has 0 saturated heterocycles. The van der Waals surface area contributed by atoms with Gasteiger partial charge in [0.05, 0.1) is 12.8 Å². The van der Waals surface area contributed by atoms with Crippen LogP contribution in [-0.2, 0) is 0 Å². The zero-order valence-corrected chi connectivity index (χ0v) is 9.35. The van der Waals surface area contributed by atoms with Crippen LogP contribution in [0.5, 0.6) is 5.75 Å². The number of aromatic amines is 1. The van der Waals surface area contributed by atoms with E-state index in [2.05, 4.69) is 4.98 Å². The second kappa shape index (κ2) is 3.90. The number of aryl methyl sites for hydroxylation is 1. The summed E-state index contributed by atoms with van der Waals surface area (Å²) in [5, 5.41) is 0. The van der Waals surface area contributed by atoms with Gasteiger partial charge < -0.3 is 9.72 Å². The average molecular weight is 221 g/mol. The lowest BCUT2D eigenvalue weighted by Gasteiger charge is -2.03. The molecule has 0 atom stereocenters. The third-order valence-corrected chi connectivity index (χ3v) is 2.98. The van der Waals surface area contributed by atoms with Gasteiger partial charge in [-0.15, -0.1) is 0 Å². The minimum Gasteiger partial charge on any atom is -0.497 e. The lowest BCUT2D eigenvalue weighted by Crippen LogP contribution is -1.92. The van der Waals surface area contributed by atoms with Crippen LogP contribution in [0.1, 0.15) is 4.88 Å². The van der Waals surface area contributed by atoms with Crippen molar-refractivity contribution < 1.29 is 4.74 Å². The van der Waals surface area contributed by atoms with Crippen LogP contribution in [0.2, 0.25) is 0 Å². The van der Waals surface area contributed by atoms with Gasteiger partial charge in [0.2, 0.25) is 0 Å². The standard InChI is InChI=1S/C11H11NO2S/c1-7-10(12-11(13)15-7)8-4-3-5-9(6-8)14-2/h3-6H,1-2H3,(H,12,13). The Morgan fingerprint density at radius 2 is 2.20 bits per heavy atom. The molecule has 3 nitrogen and oxygen atoms in total. The molecule has 0 aliphatic rings. The normalized spacial score (nSPS) is 10.3. The number of hydrogen-bond acceptors (Lipinski definition) is 3. The highest BCUT2D eigenvalue weighted by molar-refractivity contribution is 7.09. The summed E-state index contributed by atoms with van der Waals surface area (Å²) in [4.78, 5) is 15.0. The maximum Gasteiger partial charge on any atom is 0.305 e. The van der Waals surface area contributed by atoms with E-state index >= 15 is 0 Å². The van der Waals surface area contributed by atoms with Gasteiger partial charge in [0.1, 0.15) is 5.75 Å². The topological polar surface area (TPSA) is 42.1 Å². The maximum absolute atomic E-state index is 11.2. The van der Waals surface area contributed by atoms with Gasteiger partial charge in [-0.25, -0.2) is 0 Å². The molecule has 1 N–H and O–H groups in total. The molecule has 0 spiro atoms. The summed E-state index contributed by atoms with van der Waals surface area (Å²) in [6, 6.07) is 7.64. The van der Waals surface area contributed by atoms with E-state index in [-0.39, 0.29) is 4.87 Å². The molecule has 2 aromatic rings. The van der Waals surface area contributed by atoms with Crippen molar-refractivity contribution in [2.45, 2.75) is 6.92 Å². The Kier molecular flexibility index (Phi) is 2.60. The number of aromatic nitrogens is 1. The number of H-pyrrole nitrogens is 1. The Hall–Kier alpha value is -1.55. The molecule has 4 heteroatoms. The number of methoxy groups -OCH3 is 1. The Morgan fingerprint density at radius 1 is 1.40 bits per heavy atom. The van der Waals surface area contributed by atoms with Crippen molar-refractivity contribution >= 4 is 11.3 Å². The summed E-state index contributed by atoms with van der Waals surface area (Å²) in [6.07, 6.45) is 0. The largest absolute Gasteiger partial charge is 0.497 e. The molecule has 0 aliphatic carbocycles. The van der Waals surface area contributed by atoms with Crippen LogP contribution in [0.25, 0.3) is 11.3 Å². The Balaban J connectivity index is 2.53. The first-order chi connectivity index (χ1) is 7.20. The first-order valence-corrected chi connectivity index (χ1v) is 5.36. The predicted octanol–water partition coefficient (Wildman–Crippen LogP) is 2.42.